The molecule has 1 atom stereocenters. The molecule has 0 radical (unpaired) electrons. The Morgan fingerprint density at radius 1 is 1.22 bits per heavy atom. The number of ether oxygens (including phenoxy) is 1. The number of nitrogens with one attached hydrogen (secondary N) is 1. The fraction of sp³-hybridized carbons (Fsp3) is 0.364. The van der Waals surface area contributed by atoms with Gasteiger partial charge >= 0.3 is 6.18 Å². The van der Waals surface area contributed by atoms with E-state index in [9.17, 15) is 18.0 Å². The van der Waals surface area contributed by atoms with E-state index < -0.39 is 23.3 Å². The maximum absolute atomic E-state index is 13.9. The van der Waals surface area contributed by atoms with Gasteiger partial charge in [-0.2, -0.15) is 18.3 Å². The summed E-state index contributed by atoms with van der Waals surface area (Å²) in [5.41, 5.74) is -0.426. The smallest absolute Gasteiger partial charge is 0.379 e. The highest BCUT2D eigenvalue weighted by atomic mass is 32.1. The summed E-state index contributed by atoms with van der Waals surface area (Å²) in [5.74, 6) is -0.800. The Morgan fingerprint density at radius 2 is 1.94 bits per heavy atom. The molecule has 0 saturated carbocycles. The van der Waals surface area contributed by atoms with Crippen LogP contribution in [-0.2, 0) is 10.9 Å². The van der Waals surface area contributed by atoms with E-state index in [0.29, 0.717) is 26.3 Å². The Bertz CT molecular complexity index is 1040. The number of halogens is 3. The molecule has 1 fully saturated rings. The van der Waals surface area contributed by atoms with Gasteiger partial charge in [0.25, 0.3) is 5.91 Å². The average Bonchev–Trinajstić information content (AvgIpc) is 3.45. The molecule has 0 aliphatic carbocycles. The van der Waals surface area contributed by atoms with E-state index >= 15 is 0 Å². The first-order valence-corrected chi connectivity index (χ1v) is 11.1. The lowest BCUT2D eigenvalue weighted by Gasteiger charge is -2.34. The first-order chi connectivity index (χ1) is 15.3. The molecule has 10 heteroatoms. The second-order valence-corrected chi connectivity index (χ2v) is 8.52. The van der Waals surface area contributed by atoms with Crippen molar-refractivity contribution >= 4 is 17.2 Å². The summed E-state index contributed by atoms with van der Waals surface area (Å²) in [6.45, 7) is 4.57. The molecular formula is C22H23F3N4O2S. The number of alkyl halides is 3. The minimum atomic E-state index is -4.74. The standard InChI is InChI=1S/C22H23F3N4O2S/c1-15-4-6-16(7-5-15)29-20(22(23,24)25)17(13-27-29)21(30)26-14-18(19-3-2-12-32-19)28-8-10-31-11-9-28/h2-7,12-13,18H,8-11,14H2,1H3,(H,26,30). The molecule has 2 aromatic heterocycles. The number of thiophene rings is 1. The number of amides is 1. The topological polar surface area (TPSA) is 59.4 Å². The van der Waals surface area contributed by atoms with Crippen LogP contribution in [-0.4, -0.2) is 53.4 Å². The SMILES string of the molecule is Cc1ccc(-n2ncc(C(=O)NCC(c3cccs3)N3CCOCC3)c2C(F)(F)F)cc1. The van der Waals surface area contributed by atoms with Crippen LogP contribution in [0.4, 0.5) is 13.2 Å². The fourth-order valence-electron chi connectivity index (χ4n) is 3.73. The van der Waals surface area contributed by atoms with E-state index in [4.69, 9.17) is 4.74 Å². The zero-order valence-electron chi connectivity index (χ0n) is 17.4. The maximum atomic E-state index is 13.9. The van der Waals surface area contributed by atoms with Gasteiger partial charge in [0.2, 0.25) is 0 Å². The van der Waals surface area contributed by atoms with Crippen molar-refractivity contribution in [2.24, 2.45) is 0 Å². The van der Waals surface area contributed by atoms with Gasteiger partial charge < -0.3 is 10.1 Å². The number of hydrogen-bond acceptors (Lipinski definition) is 5. The number of rotatable bonds is 6. The van der Waals surface area contributed by atoms with Crippen LogP contribution >= 0.6 is 11.3 Å². The molecule has 3 aromatic rings. The predicted octanol–water partition coefficient (Wildman–Crippen LogP) is 4.06. The first-order valence-electron chi connectivity index (χ1n) is 10.2. The van der Waals surface area contributed by atoms with E-state index in [-0.39, 0.29) is 18.3 Å². The highest BCUT2D eigenvalue weighted by Crippen LogP contribution is 2.34. The summed E-state index contributed by atoms with van der Waals surface area (Å²) in [6, 6.07) is 10.2. The van der Waals surface area contributed by atoms with Crippen LogP contribution in [0.25, 0.3) is 5.69 Å². The number of carbonyl (C=O) groups excluding carboxylic acids is 1. The van der Waals surface area contributed by atoms with Crippen molar-refractivity contribution in [1.82, 2.24) is 20.0 Å². The summed E-state index contributed by atoms with van der Waals surface area (Å²) < 4.78 is 47.9. The van der Waals surface area contributed by atoms with Crippen molar-refractivity contribution in [3.05, 3.63) is 69.7 Å². The van der Waals surface area contributed by atoms with Gasteiger partial charge in [0.15, 0.2) is 5.69 Å². The lowest BCUT2D eigenvalue weighted by Crippen LogP contribution is -2.43. The monoisotopic (exact) mass is 464 g/mol. The van der Waals surface area contributed by atoms with Crippen molar-refractivity contribution < 1.29 is 22.7 Å². The van der Waals surface area contributed by atoms with Gasteiger partial charge in [-0.25, -0.2) is 4.68 Å². The highest BCUT2D eigenvalue weighted by Gasteiger charge is 2.40. The second-order valence-electron chi connectivity index (χ2n) is 7.54. The Balaban J connectivity index is 1.58. The molecule has 170 valence electrons. The van der Waals surface area contributed by atoms with Gasteiger partial charge in [-0.3, -0.25) is 9.69 Å². The molecule has 1 saturated heterocycles. The summed E-state index contributed by atoms with van der Waals surface area (Å²) in [5, 5.41) is 8.53. The van der Waals surface area contributed by atoms with Crippen molar-refractivity contribution in [2.45, 2.75) is 19.1 Å². The molecule has 0 spiro atoms. The van der Waals surface area contributed by atoms with Crippen LogP contribution in [0, 0.1) is 6.92 Å². The van der Waals surface area contributed by atoms with Crippen molar-refractivity contribution in [3.63, 3.8) is 0 Å². The van der Waals surface area contributed by atoms with Crippen LogP contribution in [0.3, 0.4) is 0 Å². The number of carbonyl (C=O) groups is 1. The molecule has 1 aliphatic rings. The molecule has 0 bridgehead atoms. The number of benzene rings is 1. The van der Waals surface area contributed by atoms with E-state index in [0.717, 1.165) is 21.3 Å². The van der Waals surface area contributed by atoms with Crippen molar-refractivity contribution in [1.29, 1.82) is 0 Å². The quantitative estimate of drug-likeness (QED) is 0.598. The lowest BCUT2D eigenvalue weighted by molar-refractivity contribution is -0.143. The first kappa shape index (κ1) is 22.5. The number of nitrogens with zero attached hydrogens (tertiary/aromatic N) is 3. The zero-order chi connectivity index (χ0) is 22.7. The number of hydrogen-bond donors (Lipinski definition) is 1. The Kier molecular flexibility index (Phi) is 6.63. The third-order valence-electron chi connectivity index (χ3n) is 5.37. The number of aryl methyl sites for hydroxylation is 1. The maximum Gasteiger partial charge on any atom is 0.434 e. The number of aromatic nitrogens is 2. The van der Waals surface area contributed by atoms with Gasteiger partial charge in [0.1, 0.15) is 0 Å². The molecule has 1 amide bonds. The molecule has 4 rings (SSSR count). The third kappa shape index (κ3) is 4.87. The molecule has 32 heavy (non-hydrogen) atoms. The van der Waals surface area contributed by atoms with Crippen molar-refractivity contribution in [2.75, 3.05) is 32.8 Å². The fourth-order valence-corrected chi connectivity index (χ4v) is 4.59. The van der Waals surface area contributed by atoms with Crippen LogP contribution < -0.4 is 5.32 Å². The van der Waals surface area contributed by atoms with Gasteiger partial charge in [-0.1, -0.05) is 23.8 Å². The molecule has 6 nitrogen and oxygen atoms in total. The van der Waals surface area contributed by atoms with E-state index in [1.165, 1.54) is 0 Å². The van der Waals surface area contributed by atoms with Gasteiger partial charge in [-0.15, -0.1) is 11.3 Å². The van der Waals surface area contributed by atoms with E-state index in [1.54, 1.807) is 35.6 Å². The zero-order valence-corrected chi connectivity index (χ0v) is 18.2. The molecule has 1 N–H and O–H groups in total. The molecule has 3 heterocycles. The minimum Gasteiger partial charge on any atom is -0.379 e. The van der Waals surface area contributed by atoms with Gasteiger partial charge in [-0.05, 0) is 30.5 Å². The molecule has 1 unspecified atom stereocenters. The summed E-state index contributed by atoms with van der Waals surface area (Å²) in [4.78, 5) is 16.1. The highest BCUT2D eigenvalue weighted by molar-refractivity contribution is 7.10. The van der Waals surface area contributed by atoms with Crippen LogP contribution in [0.15, 0.2) is 48.0 Å². The number of morpholine rings is 1. The molecular weight excluding hydrogens is 441 g/mol. The van der Waals surface area contributed by atoms with Gasteiger partial charge in [0, 0.05) is 24.5 Å². The largest absolute Gasteiger partial charge is 0.434 e. The predicted molar refractivity (Wildman–Crippen MR) is 115 cm³/mol. The van der Waals surface area contributed by atoms with Gasteiger partial charge in [0.05, 0.1) is 36.7 Å². The lowest BCUT2D eigenvalue weighted by atomic mass is 10.1. The normalized spacial score (nSPS) is 16.1. The van der Waals surface area contributed by atoms with E-state index in [2.05, 4.69) is 15.3 Å². The van der Waals surface area contributed by atoms with Crippen LogP contribution in [0.1, 0.15) is 32.5 Å². The van der Waals surface area contributed by atoms with Crippen molar-refractivity contribution in [3.8, 4) is 5.69 Å². The third-order valence-corrected chi connectivity index (χ3v) is 6.35. The second kappa shape index (κ2) is 9.43. The minimum absolute atomic E-state index is 0.135. The summed E-state index contributed by atoms with van der Waals surface area (Å²) >= 11 is 1.55. The Labute approximate surface area is 187 Å². The molecule has 1 aliphatic heterocycles. The molecule has 1 aromatic carbocycles. The average molecular weight is 465 g/mol. The van der Waals surface area contributed by atoms with Crippen LogP contribution in [0.2, 0.25) is 0 Å². The van der Waals surface area contributed by atoms with Crippen LogP contribution in [0.5, 0.6) is 0 Å². The Morgan fingerprint density at radius 3 is 2.56 bits per heavy atom. The Hall–Kier alpha value is -2.69. The summed E-state index contributed by atoms with van der Waals surface area (Å²) in [7, 11) is 0. The summed E-state index contributed by atoms with van der Waals surface area (Å²) in [6.07, 6.45) is -3.77. The van der Waals surface area contributed by atoms with E-state index in [1.807, 2.05) is 24.4 Å².